The largest absolute Gasteiger partial charge is 0.460 e. The molecular formula is C20H24ClN3O. The SMILES string of the molecule is Clc1ccc(-c2cnc(OC3CCN(C4CCCC4)CC3)nc2)cc1. The molecule has 0 radical (unpaired) electrons. The minimum absolute atomic E-state index is 0.235. The van der Waals surface area contributed by atoms with Crippen molar-refractivity contribution in [1.82, 2.24) is 14.9 Å². The first-order valence-electron chi connectivity index (χ1n) is 9.26. The number of benzene rings is 1. The van der Waals surface area contributed by atoms with E-state index < -0.39 is 0 Å². The molecule has 0 spiro atoms. The van der Waals surface area contributed by atoms with E-state index in [1.54, 1.807) is 0 Å². The maximum atomic E-state index is 6.01. The fourth-order valence-electron chi connectivity index (χ4n) is 3.95. The van der Waals surface area contributed by atoms with Crippen LogP contribution in [0.1, 0.15) is 38.5 Å². The standard InChI is InChI=1S/C20H24ClN3O/c21-17-7-5-15(6-8-17)16-13-22-20(23-14-16)25-19-9-11-24(12-10-19)18-3-1-2-4-18/h5-8,13-14,18-19H,1-4,9-12H2. The molecule has 0 amide bonds. The number of nitrogens with zero attached hydrogens (tertiary/aromatic N) is 3. The highest BCUT2D eigenvalue weighted by Crippen LogP contribution is 2.27. The highest BCUT2D eigenvalue weighted by Gasteiger charge is 2.28. The van der Waals surface area contributed by atoms with Crippen LogP contribution < -0.4 is 4.74 Å². The molecule has 2 fully saturated rings. The molecule has 4 nitrogen and oxygen atoms in total. The summed E-state index contributed by atoms with van der Waals surface area (Å²) in [4.78, 5) is 11.4. The highest BCUT2D eigenvalue weighted by molar-refractivity contribution is 6.30. The minimum atomic E-state index is 0.235. The molecule has 132 valence electrons. The van der Waals surface area contributed by atoms with Crippen molar-refractivity contribution in [1.29, 1.82) is 0 Å². The number of piperidine rings is 1. The molecule has 2 heterocycles. The van der Waals surface area contributed by atoms with E-state index in [0.29, 0.717) is 6.01 Å². The summed E-state index contributed by atoms with van der Waals surface area (Å²) in [6.45, 7) is 2.27. The van der Waals surface area contributed by atoms with Crippen LogP contribution in [-0.2, 0) is 0 Å². The first-order chi connectivity index (χ1) is 12.3. The third-order valence-corrected chi connectivity index (χ3v) is 5.65. The lowest BCUT2D eigenvalue weighted by Gasteiger charge is -2.35. The predicted molar refractivity (Wildman–Crippen MR) is 100.0 cm³/mol. The fourth-order valence-corrected chi connectivity index (χ4v) is 4.07. The van der Waals surface area contributed by atoms with E-state index in [4.69, 9.17) is 16.3 Å². The number of hydrogen-bond acceptors (Lipinski definition) is 4. The van der Waals surface area contributed by atoms with Crippen molar-refractivity contribution < 1.29 is 4.74 Å². The zero-order valence-corrected chi connectivity index (χ0v) is 15.2. The normalized spacial score (nSPS) is 20.0. The van der Waals surface area contributed by atoms with E-state index in [0.717, 1.165) is 48.1 Å². The maximum absolute atomic E-state index is 6.01. The summed E-state index contributed by atoms with van der Waals surface area (Å²) in [6.07, 6.45) is 11.6. The minimum Gasteiger partial charge on any atom is -0.460 e. The first-order valence-corrected chi connectivity index (χ1v) is 9.64. The molecule has 0 N–H and O–H groups in total. The van der Waals surface area contributed by atoms with Crippen LogP contribution in [0.2, 0.25) is 5.02 Å². The van der Waals surface area contributed by atoms with Crippen LogP contribution in [0.3, 0.4) is 0 Å². The molecule has 4 rings (SSSR count). The number of likely N-dealkylation sites (tertiary alicyclic amines) is 1. The average Bonchev–Trinajstić information content (AvgIpc) is 3.19. The smallest absolute Gasteiger partial charge is 0.316 e. The van der Waals surface area contributed by atoms with Crippen LogP contribution in [0.5, 0.6) is 6.01 Å². The van der Waals surface area contributed by atoms with Gasteiger partial charge in [0.05, 0.1) is 0 Å². The van der Waals surface area contributed by atoms with Gasteiger partial charge in [0.1, 0.15) is 6.10 Å². The lowest BCUT2D eigenvalue weighted by atomic mass is 10.0. The van der Waals surface area contributed by atoms with Crippen molar-refractivity contribution in [2.24, 2.45) is 0 Å². The Morgan fingerprint density at radius 2 is 1.52 bits per heavy atom. The molecule has 1 aliphatic heterocycles. The Morgan fingerprint density at radius 3 is 2.16 bits per heavy atom. The second-order valence-corrected chi connectivity index (χ2v) is 7.49. The summed E-state index contributed by atoms with van der Waals surface area (Å²) >= 11 is 5.93. The van der Waals surface area contributed by atoms with E-state index in [9.17, 15) is 0 Å². The lowest BCUT2D eigenvalue weighted by molar-refractivity contribution is 0.0710. The van der Waals surface area contributed by atoms with Gasteiger partial charge in [0, 0.05) is 42.1 Å². The molecule has 0 unspecified atom stereocenters. The number of aromatic nitrogens is 2. The van der Waals surface area contributed by atoms with Gasteiger partial charge in [-0.05, 0) is 43.4 Å². The molecule has 1 aromatic heterocycles. The summed E-state index contributed by atoms with van der Waals surface area (Å²) < 4.78 is 6.01. The van der Waals surface area contributed by atoms with Gasteiger partial charge in [-0.3, -0.25) is 0 Å². The predicted octanol–water partition coefficient (Wildman–Crippen LogP) is 4.58. The number of ether oxygens (including phenoxy) is 1. The van der Waals surface area contributed by atoms with E-state index in [2.05, 4.69) is 14.9 Å². The molecule has 1 aromatic carbocycles. The molecule has 5 heteroatoms. The Hall–Kier alpha value is -1.65. The molecule has 1 saturated heterocycles. The molecule has 1 saturated carbocycles. The number of hydrogen-bond donors (Lipinski definition) is 0. The van der Waals surface area contributed by atoms with Gasteiger partial charge in [0.25, 0.3) is 0 Å². The van der Waals surface area contributed by atoms with Crippen molar-refractivity contribution in [2.75, 3.05) is 13.1 Å². The Labute approximate surface area is 154 Å². The molecule has 0 atom stereocenters. The van der Waals surface area contributed by atoms with Crippen molar-refractivity contribution in [3.8, 4) is 17.1 Å². The van der Waals surface area contributed by atoms with Gasteiger partial charge in [-0.1, -0.05) is 36.6 Å². The summed E-state index contributed by atoms with van der Waals surface area (Å²) in [5.41, 5.74) is 2.03. The van der Waals surface area contributed by atoms with Crippen LogP contribution in [0.15, 0.2) is 36.7 Å². The third kappa shape index (κ3) is 4.13. The van der Waals surface area contributed by atoms with E-state index in [1.165, 1.54) is 25.7 Å². The molecule has 2 aromatic rings. The Kier molecular flexibility index (Phi) is 5.18. The van der Waals surface area contributed by atoms with Crippen molar-refractivity contribution in [3.05, 3.63) is 41.7 Å². The topological polar surface area (TPSA) is 38.2 Å². The van der Waals surface area contributed by atoms with Gasteiger partial charge in [0.15, 0.2) is 0 Å². The first kappa shape index (κ1) is 16.8. The van der Waals surface area contributed by atoms with Gasteiger partial charge >= 0.3 is 6.01 Å². The lowest BCUT2D eigenvalue weighted by Crippen LogP contribution is -2.43. The highest BCUT2D eigenvalue weighted by atomic mass is 35.5. The van der Waals surface area contributed by atoms with Crippen LogP contribution in [-0.4, -0.2) is 40.1 Å². The second-order valence-electron chi connectivity index (χ2n) is 7.05. The summed E-state index contributed by atoms with van der Waals surface area (Å²) in [6, 6.07) is 8.99. The quantitative estimate of drug-likeness (QED) is 0.802. The van der Waals surface area contributed by atoms with Crippen molar-refractivity contribution in [3.63, 3.8) is 0 Å². The molecule has 2 aliphatic rings. The Bertz CT molecular complexity index is 675. The van der Waals surface area contributed by atoms with Gasteiger partial charge in [-0.15, -0.1) is 0 Å². The summed E-state index contributed by atoms with van der Waals surface area (Å²) in [5, 5.41) is 0.730. The van der Waals surface area contributed by atoms with Crippen molar-refractivity contribution >= 4 is 11.6 Å². The summed E-state index contributed by atoms with van der Waals surface area (Å²) in [5.74, 6) is 0. The van der Waals surface area contributed by atoms with Crippen molar-refractivity contribution in [2.45, 2.75) is 50.7 Å². The Balaban J connectivity index is 1.32. The zero-order chi connectivity index (χ0) is 17.1. The number of rotatable bonds is 4. The summed E-state index contributed by atoms with van der Waals surface area (Å²) in [7, 11) is 0. The van der Waals surface area contributed by atoms with Gasteiger partial charge in [-0.2, -0.15) is 0 Å². The van der Waals surface area contributed by atoms with Gasteiger partial charge in [-0.25, -0.2) is 9.97 Å². The third-order valence-electron chi connectivity index (χ3n) is 5.40. The van der Waals surface area contributed by atoms with E-state index >= 15 is 0 Å². The average molecular weight is 358 g/mol. The van der Waals surface area contributed by atoms with Crippen LogP contribution >= 0.6 is 11.6 Å². The van der Waals surface area contributed by atoms with E-state index in [-0.39, 0.29) is 6.10 Å². The molecule has 0 bridgehead atoms. The van der Waals surface area contributed by atoms with E-state index in [1.807, 2.05) is 36.7 Å². The molecule has 25 heavy (non-hydrogen) atoms. The monoisotopic (exact) mass is 357 g/mol. The van der Waals surface area contributed by atoms with Gasteiger partial charge in [0.2, 0.25) is 0 Å². The maximum Gasteiger partial charge on any atom is 0.316 e. The van der Waals surface area contributed by atoms with Gasteiger partial charge < -0.3 is 9.64 Å². The Morgan fingerprint density at radius 1 is 0.880 bits per heavy atom. The van der Waals surface area contributed by atoms with Crippen LogP contribution in [0.4, 0.5) is 0 Å². The zero-order valence-electron chi connectivity index (χ0n) is 14.4. The fraction of sp³-hybridized carbons (Fsp3) is 0.500. The number of halogens is 1. The molecule has 1 aliphatic carbocycles. The van der Waals surface area contributed by atoms with Crippen LogP contribution in [0.25, 0.3) is 11.1 Å². The molecular weight excluding hydrogens is 334 g/mol. The van der Waals surface area contributed by atoms with Crippen LogP contribution in [0, 0.1) is 0 Å². The second kappa shape index (κ2) is 7.71.